The predicted molar refractivity (Wildman–Crippen MR) is 80.4 cm³/mol. The van der Waals surface area contributed by atoms with Gasteiger partial charge in [-0.1, -0.05) is 13.3 Å². The van der Waals surface area contributed by atoms with E-state index in [1.807, 2.05) is 0 Å². The molecule has 1 saturated carbocycles. The van der Waals surface area contributed by atoms with Gasteiger partial charge < -0.3 is 19.7 Å². The third-order valence-electron chi connectivity index (χ3n) is 3.59. The zero-order chi connectivity index (χ0) is 17.4. The molecule has 0 aromatic carbocycles. The second-order valence-electron chi connectivity index (χ2n) is 5.46. The Bertz CT molecular complexity index is 465. The van der Waals surface area contributed by atoms with Gasteiger partial charge in [0, 0.05) is 26.8 Å². The van der Waals surface area contributed by atoms with Crippen LogP contribution in [0.2, 0.25) is 0 Å². The van der Waals surface area contributed by atoms with Crippen LogP contribution in [0.1, 0.15) is 46.0 Å². The number of ether oxygens (including phenoxy) is 2. The lowest BCUT2D eigenvalue weighted by molar-refractivity contribution is -0.169. The van der Waals surface area contributed by atoms with Crippen molar-refractivity contribution in [1.82, 2.24) is 10.2 Å². The summed E-state index contributed by atoms with van der Waals surface area (Å²) in [5, 5.41) is 2.30. The maximum Gasteiger partial charge on any atom is 0.413 e. The smallest absolute Gasteiger partial charge is 0.413 e. The largest absolute Gasteiger partial charge is 0.424 e. The normalized spacial score (nSPS) is 18.7. The average Bonchev–Trinajstić information content (AvgIpc) is 2.51. The monoisotopic (exact) mass is 328 g/mol. The number of hydrogen-bond acceptors (Lipinski definition) is 6. The van der Waals surface area contributed by atoms with Crippen LogP contribution < -0.4 is 5.32 Å². The van der Waals surface area contributed by atoms with E-state index < -0.39 is 24.4 Å². The molecule has 1 fully saturated rings. The highest BCUT2D eigenvalue weighted by atomic mass is 16.7. The van der Waals surface area contributed by atoms with Crippen molar-refractivity contribution < 1.29 is 28.7 Å². The molecule has 23 heavy (non-hydrogen) atoms. The van der Waals surface area contributed by atoms with E-state index in [2.05, 4.69) is 5.32 Å². The highest BCUT2D eigenvalue weighted by Gasteiger charge is 2.31. The van der Waals surface area contributed by atoms with Crippen molar-refractivity contribution in [3.63, 3.8) is 0 Å². The van der Waals surface area contributed by atoms with Crippen LogP contribution in [0.3, 0.4) is 0 Å². The number of nitrogens with zero attached hydrogens (tertiary/aromatic N) is 1. The van der Waals surface area contributed by atoms with Crippen LogP contribution in [0.4, 0.5) is 4.79 Å². The van der Waals surface area contributed by atoms with E-state index in [9.17, 15) is 19.2 Å². The number of carbonyl (C=O) groups excluding carboxylic acids is 4. The van der Waals surface area contributed by atoms with Crippen molar-refractivity contribution in [3.8, 4) is 0 Å². The van der Waals surface area contributed by atoms with Crippen LogP contribution >= 0.6 is 0 Å². The number of rotatable bonds is 6. The van der Waals surface area contributed by atoms with Crippen LogP contribution in [0.25, 0.3) is 0 Å². The van der Waals surface area contributed by atoms with Crippen LogP contribution in [0.5, 0.6) is 0 Å². The summed E-state index contributed by atoms with van der Waals surface area (Å²) in [4.78, 5) is 47.5. The highest BCUT2D eigenvalue weighted by molar-refractivity contribution is 5.88. The Morgan fingerprint density at radius 3 is 2.57 bits per heavy atom. The molecule has 0 radical (unpaired) electrons. The molecular weight excluding hydrogens is 304 g/mol. The number of likely N-dealkylation sites (N-methyl/N-ethyl adjacent to an activating group) is 1. The molecular formula is C15H24N2O6. The Morgan fingerprint density at radius 1 is 1.30 bits per heavy atom. The lowest BCUT2D eigenvalue weighted by Crippen LogP contribution is -2.45. The van der Waals surface area contributed by atoms with E-state index >= 15 is 0 Å². The summed E-state index contributed by atoms with van der Waals surface area (Å²) in [6, 6.07) is -0.483. The molecule has 8 heteroatoms. The molecule has 0 bridgehead atoms. The summed E-state index contributed by atoms with van der Waals surface area (Å²) < 4.78 is 10.1. The van der Waals surface area contributed by atoms with Gasteiger partial charge in [0.2, 0.25) is 12.2 Å². The number of amides is 2. The number of esters is 1. The molecule has 2 atom stereocenters. The number of ketones is 1. The molecule has 1 N–H and O–H groups in total. The summed E-state index contributed by atoms with van der Waals surface area (Å²) in [7, 11) is 1.50. The fourth-order valence-electron chi connectivity index (χ4n) is 2.27. The van der Waals surface area contributed by atoms with E-state index in [-0.39, 0.29) is 24.7 Å². The Hall–Kier alpha value is -2.12. The Labute approximate surface area is 135 Å². The quantitative estimate of drug-likeness (QED) is 0.576. The van der Waals surface area contributed by atoms with Gasteiger partial charge in [0.1, 0.15) is 6.54 Å². The number of hydrogen-bond donors (Lipinski definition) is 1. The van der Waals surface area contributed by atoms with Crippen LogP contribution in [-0.4, -0.2) is 54.6 Å². The second-order valence-corrected chi connectivity index (χ2v) is 5.46. The molecule has 2 unspecified atom stereocenters. The maximum absolute atomic E-state index is 12.1. The first kappa shape index (κ1) is 18.9. The zero-order valence-corrected chi connectivity index (χ0v) is 13.8. The van der Waals surface area contributed by atoms with Crippen LogP contribution in [0, 0.1) is 0 Å². The number of nitrogens with one attached hydrogen (secondary N) is 1. The number of carbonyl (C=O) groups is 4. The van der Waals surface area contributed by atoms with Gasteiger partial charge in [-0.15, -0.1) is 0 Å². The van der Waals surface area contributed by atoms with E-state index in [1.165, 1.54) is 18.9 Å². The maximum atomic E-state index is 12.1. The molecule has 0 spiro atoms. The lowest BCUT2D eigenvalue weighted by Gasteiger charge is -2.30. The number of Topliss-reactive ketones (excluding diaryl/α,β-unsaturated/α-hetero) is 1. The van der Waals surface area contributed by atoms with Gasteiger partial charge in [-0.3, -0.25) is 14.4 Å². The minimum absolute atomic E-state index is 0.0198. The Morgan fingerprint density at radius 2 is 2.00 bits per heavy atom. The standard InChI is InChI=1S/C15H24N2O6/c1-4-14(22-13(20)9-16-10(2)18)23-15(21)17(3)11-7-5-6-8-12(11)19/h11,14H,4-9H2,1-3H3,(H,16,18). The minimum atomic E-state index is -1.05. The summed E-state index contributed by atoms with van der Waals surface area (Å²) in [5.41, 5.74) is 0. The molecule has 0 aliphatic heterocycles. The van der Waals surface area contributed by atoms with Crippen molar-refractivity contribution in [1.29, 1.82) is 0 Å². The first-order valence-corrected chi connectivity index (χ1v) is 7.75. The second kappa shape index (κ2) is 9.12. The predicted octanol–water partition coefficient (Wildman–Crippen LogP) is 0.982. The topological polar surface area (TPSA) is 102 Å². The molecule has 8 nitrogen and oxygen atoms in total. The summed E-state index contributed by atoms with van der Waals surface area (Å²) in [6.45, 7) is 2.68. The molecule has 1 aliphatic rings. The minimum Gasteiger partial charge on any atom is -0.424 e. The summed E-state index contributed by atoms with van der Waals surface area (Å²) in [6.07, 6.45) is 1.32. The van der Waals surface area contributed by atoms with Gasteiger partial charge in [-0.05, 0) is 12.8 Å². The molecule has 0 heterocycles. The molecule has 0 saturated heterocycles. The Balaban J connectivity index is 2.50. The SMILES string of the molecule is CCC(OC(=O)CNC(C)=O)OC(=O)N(C)C1CCCCC1=O. The van der Waals surface area contributed by atoms with Crippen molar-refractivity contribution in [2.45, 2.75) is 58.3 Å². The van der Waals surface area contributed by atoms with Crippen molar-refractivity contribution in [2.75, 3.05) is 13.6 Å². The highest BCUT2D eigenvalue weighted by Crippen LogP contribution is 2.19. The van der Waals surface area contributed by atoms with Gasteiger partial charge in [0.05, 0.1) is 6.04 Å². The molecule has 2 amide bonds. The van der Waals surface area contributed by atoms with E-state index in [1.54, 1.807) is 6.92 Å². The summed E-state index contributed by atoms with van der Waals surface area (Å²) in [5.74, 6) is -1.04. The first-order chi connectivity index (χ1) is 10.8. The zero-order valence-electron chi connectivity index (χ0n) is 13.8. The van der Waals surface area contributed by atoms with Gasteiger partial charge in [-0.2, -0.15) is 0 Å². The van der Waals surface area contributed by atoms with Crippen molar-refractivity contribution in [2.24, 2.45) is 0 Å². The van der Waals surface area contributed by atoms with Gasteiger partial charge in [0.25, 0.3) is 0 Å². The summed E-state index contributed by atoms with van der Waals surface area (Å²) >= 11 is 0. The average molecular weight is 328 g/mol. The molecule has 0 aromatic rings. The fraction of sp³-hybridized carbons (Fsp3) is 0.733. The molecule has 1 aliphatic carbocycles. The van der Waals surface area contributed by atoms with Crippen molar-refractivity contribution >= 4 is 23.8 Å². The van der Waals surface area contributed by atoms with E-state index in [0.717, 1.165) is 12.8 Å². The molecule has 0 aromatic heterocycles. The van der Waals surface area contributed by atoms with Crippen LogP contribution in [0.15, 0.2) is 0 Å². The fourth-order valence-corrected chi connectivity index (χ4v) is 2.27. The Kier molecular flexibility index (Phi) is 7.50. The van der Waals surface area contributed by atoms with Gasteiger partial charge in [0.15, 0.2) is 5.78 Å². The van der Waals surface area contributed by atoms with Gasteiger partial charge >= 0.3 is 12.1 Å². The van der Waals surface area contributed by atoms with Gasteiger partial charge in [-0.25, -0.2) is 4.79 Å². The lowest BCUT2D eigenvalue weighted by atomic mass is 9.93. The third kappa shape index (κ3) is 6.25. The first-order valence-electron chi connectivity index (χ1n) is 7.75. The molecule has 1 rings (SSSR count). The van der Waals surface area contributed by atoms with E-state index in [4.69, 9.17) is 9.47 Å². The third-order valence-corrected chi connectivity index (χ3v) is 3.59. The van der Waals surface area contributed by atoms with Crippen molar-refractivity contribution in [3.05, 3.63) is 0 Å². The molecule has 130 valence electrons. The van der Waals surface area contributed by atoms with E-state index in [0.29, 0.717) is 12.8 Å². The van der Waals surface area contributed by atoms with Crippen LogP contribution in [-0.2, 0) is 23.9 Å².